The van der Waals surface area contributed by atoms with Gasteiger partial charge < -0.3 is 10.2 Å². The lowest BCUT2D eigenvalue weighted by atomic mass is 10.1. The first-order valence-corrected chi connectivity index (χ1v) is 9.66. The van der Waals surface area contributed by atoms with E-state index in [1.54, 1.807) is 6.07 Å². The van der Waals surface area contributed by atoms with Crippen molar-refractivity contribution >= 4 is 17.3 Å². The lowest BCUT2D eigenvalue weighted by molar-refractivity contribution is 0.101. The summed E-state index contributed by atoms with van der Waals surface area (Å²) in [6, 6.07) is 17.4. The van der Waals surface area contributed by atoms with Crippen LogP contribution in [0.3, 0.4) is 0 Å². The third-order valence-electron chi connectivity index (χ3n) is 5.01. The standard InChI is InChI=1S/C21H21N7O/c22-14-17-18(10-7-11-19(17)27-12-5-2-6-13-27)23-21(29)20-24-25-26-28(20)15-16-8-3-1-4-9-16/h1,3-4,7-11H,2,5-6,12-13,15H2,(H,23,29). The van der Waals surface area contributed by atoms with Crippen LogP contribution in [0.15, 0.2) is 48.5 Å². The number of hydrogen-bond donors (Lipinski definition) is 1. The van der Waals surface area contributed by atoms with Crippen LogP contribution >= 0.6 is 0 Å². The molecular formula is C21H21N7O. The highest BCUT2D eigenvalue weighted by atomic mass is 16.2. The summed E-state index contributed by atoms with van der Waals surface area (Å²) < 4.78 is 1.45. The zero-order valence-electron chi connectivity index (χ0n) is 16.0. The molecule has 0 radical (unpaired) electrons. The number of aromatic nitrogens is 4. The second-order valence-electron chi connectivity index (χ2n) is 6.96. The molecule has 0 atom stereocenters. The number of nitrogens with zero attached hydrogens (tertiary/aromatic N) is 6. The van der Waals surface area contributed by atoms with Gasteiger partial charge in [0, 0.05) is 13.1 Å². The summed E-state index contributed by atoms with van der Waals surface area (Å²) in [5, 5.41) is 24.0. The van der Waals surface area contributed by atoms with Gasteiger partial charge in [0.1, 0.15) is 6.07 Å². The molecule has 8 nitrogen and oxygen atoms in total. The molecule has 2 aromatic carbocycles. The van der Waals surface area contributed by atoms with Crippen LogP contribution in [0.5, 0.6) is 0 Å². The topological polar surface area (TPSA) is 99.7 Å². The average molecular weight is 387 g/mol. The van der Waals surface area contributed by atoms with Crippen LogP contribution in [0, 0.1) is 11.3 Å². The quantitative estimate of drug-likeness (QED) is 0.723. The Bertz CT molecular complexity index is 1030. The minimum atomic E-state index is -0.446. The Morgan fingerprint density at radius 3 is 2.62 bits per heavy atom. The number of piperidine rings is 1. The lowest BCUT2D eigenvalue weighted by Gasteiger charge is -2.30. The van der Waals surface area contributed by atoms with Crippen molar-refractivity contribution in [3.8, 4) is 6.07 Å². The van der Waals surface area contributed by atoms with Gasteiger partial charge in [-0.3, -0.25) is 4.79 Å². The molecule has 29 heavy (non-hydrogen) atoms. The van der Waals surface area contributed by atoms with E-state index in [2.05, 4.69) is 31.8 Å². The third-order valence-corrected chi connectivity index (χ3v) is 5.01. The van der Waals surface area contributed by atoms with Crippen molar-refractivity contribution in [3.63, 3.8) is 0 Å². The van der Waals surface area contributed by atoms with Gasteiger partial charge >= 0.3 is 0 Å². The first-order valence-electron chi connectivity index (χ1n) is 9.66. The van der Waals surface area contributed by atoms with Crippen molar-refractivity contribution in [2.75, 3.05) is 23.3 Å². The molecule has 0 saturated carbocycles. The summed E-state index contributed by atoms with van der Waals surface area (Å²) in [4.78, 5) is 15.1. The second-order valence-corrected chi connectivity index (χ2v) is 6.96. The highest BCUT2D eigenvalue weighted by Crippen LogP contribution is 2.29. The Morgan fingerprint density at radius 1 is 1.07 bits per heavy atom. The number of nitriles is 1. The van der Waals surface area contributed by atoms with E-state index in [9.17, 15) is 10.1 Å². The van der Waals surface area contributed by atoms with E-state index in [1.165, 1.54) is 11.1 Å². The molecule has 1 N–H and O–H groups in total. The number of rotatable bonds is 5. The molecule has 1 fully saturated rings. The molecule has 8 heteroatoms. The number of anilines is 2. The fraction of sp³-hybridized carbons (Fsp3) is 0.286. The van der Waals surface area contributed by atoms with E-state index < -0.39 is 5.91 Å². The van der Waals surface area contributed by atoms with Crippen LogP contribution in [0.2, 0.25) is 0 Å². The van der Waals surface area contributed by atoms with E-state index in [1.807, 2.05) is 42.5 Å². The van der Waals surface area contributed by atoms with Gasteiger partial charge in [-0.15, -0.1) is 5.10 Å². The highest BCUT2D eigenvalue weighted by molar-refractivity contribution is 6.03. The van der Waals surface area contributed by atoms with Crippen molar-refractivity contribution in [1.29, 1.82) is 5.26 Å². The van der Waals surface area contributed by atoms with E-state index in [0.29, 0.717) is 17.8 Å². The molecule has 1 amide bonds. The van der Waals surface area contributed by atoms with Crippen LogP contribution in [0.4, 0.5) is 11.4 Å². The highest BCUT2D eigenvalue weighted by Gasteiger charge is 2.21. The molecule has 4 rings (SSSR count). The summed E-state index contributed by atoms with van der Waals surface area (Å²) in [5.41, 5.74) is 2.77. The summed E-state index contributed by atoms with van der Waals surface area (Å²) >= 11 is 0. The van der Waals surface area contributed by atoms with Crippen molar-refractivity contribution < 1.29 is 4.79 Å². The number of tetrazole rings is 1. The maximum absolute atomic E-state index is 12.8. The molecule has 1 saturated heterocycles. The molecule has 1 aliphatic heterocycles. The van der Waals surface area contributed by atoms with Crippen molar-refractivity contribution in [2.24, 2.45) is 0 Å². The Hall–Kier alpha value is -3.73. The van der Waals surface area contributed by atoms with Gasteiger partial charge in [0.15, 0.2) is 0 Å². The van der Waals surface area contributed by atoms with Crippen LogP contribution < -0.4 is 10.2 Å². The molecule has 2 heterocycles. The fourth-order valence-corrected chi connectivity index (χ4v) is 3.57. The van der Waals surface area contributed by atoms with Crippen LogP contribution in [-0.2, 0) is 6.54 Å². The number of carbonyl (C=O) groups excluding carboxylic acids is 1. The zero-order chi connectivity index (χ0) is 20.1. The Morgan fingerprint density at radius 2 is 1.86 bits per heavy atom. The Balaban J connectivity index is 1.57. The molecule has 1 aromatic heterocycles. The molecule has 3 aromatic rings. The van der Waals surface area contributed by atoms with Gasteiger partial charge in [0.05, 0.1) is 23.5 Å². The number of hydrogen-bond acceptors (Lipinski definition) is 6. The summed E-state index contributed by atoms with van der Waals surface area (Å²) in [6.07, 6.45) is 3.42. The van der Waals surface area contributed by atoms with E-state index in [4.69, 9.17) is 0 Å². The van der Waals surface area contributed by atoms with Crippen molar-refractivity contribution in [1.82, 2.24) is 20.2 Å². The summed E-state index contributed by atoms with van der Waals surface area (Å²) in [6.45, 7) is 2.22. The third kappa shape index (κ3) is 4.09. The number of amides is 1. The van der Waals surface area contributed by atoms with Crippen molar-refractivity contribution in [3.05, 3.63) is 65.5 Å². The predicted molar refractivity (Wildman–Crippen MR) is 109 cm³/mol. The van der Waals surface area contributed by atoms with Crippen LogP contribution in [0.25, 0.3) is 0 Å². The molecule has 0 spiro atoms. The van der Waals surface area contributed by atoms with Gasteiger partial charge in [0.2, 0.25) is 5.82 Å². The maximum Gasteiger partial charge on any atom is 0.295 e. The number of benzene rings is 2. The number of carbonyl (C=O) groups is 1. The largest absolute Gasteiger partial charge is 0.370 e. The smallest absolute Gasteiger partial charge is 0.295 e. The first-order chi connectivity index (χ1) is 14.3. The van der Waals surface area contributed by atoms with Gasteiger partial charge in [-0.25, -0.2) is 4.68 Å². The molecular weight excluding hydrogens is 366 g/mol. The van der Waals surface area contributed by atoms with Gasteiger partial charge in [-0.05, 0) is 47.4 Å². The van der Waals surface area contributed by atoms with Gasteiger partial charge in [-0.1, -0.05) is 36.4 Å². The lowest BCUT2D eigenvalue weighted by Crippen LogP contribution is -2.30. The van der Waals surface area contributed by atoms with E-state index in [0.717, 1.165) is 37.2 Å². The fourth-order valence-electron chi connectivity index (χ4n) is 3.57. The van der Waals surface area contributed by atoms with Gasteiger partial charge in [0.25, 0.3) is 5.91 Å². The maximum atomic E-state index is 12.8. The zero-order valence-corrected chi connectivity index (χ0v) is 16.0. The number of nitrogens with one attached hydrogen (secondary N) is 1. The molecule has 1 aliphatic rings. The van der Waals surface area contributed by atoms with Crippen LogP contribution in [-0.4, -0.2) is 39.2 Å². The SMILES string of the molecule is N#Cc1c(NC(=O)c2nnnn2Cc2ccccc2)cccc1N1CCCCC1. The van der Waals surface area contributed by atoms with E-state index in [-0.39, 0.29) is 5.82 Å². The minimum Gasteiger partial charge on any atom is -0.370 e. The minimum absolute atomic E-state index is 0.0983. The Labute approximate surface area is 168 Å². The molecule has 0 unspecified atom stereocenters. The van der Waals surface area contributed by atoms with Crippen LogP contribution in [0.1, 0.15) is 41.0 Å². The monoisotopic (exact) mass is 387 g/mol. The normalized spacial score (nSPS) is 13.7. The molecule has 146 valence electrons. The summed E-state index contributed by atoms with van der Waals surface area (Å²) in [5.74, 6) is -0.348. The van der Waals surface area contributed by atoms with Crippen molar-refractivity contribution in [2.45, 2.75) is 25.8 Å². The second kappa shape index (κ2) is 8.52. The predicted octanol–water partition coefficient (Wildman–Crippen LogP) is 2.84. The average Bonchev–Trinajstić information content (AvgIpc) is 3.23. The molecule has 0 bridgehead atoms. The Kier molecular flexibility index (Phi) is 5.47. The van der Waals surface area contributed by atoms with E-state index >= 15 is 0 Å². The molecule has 0 aliphatic carbocycles. The first kappa shape index (κ1) is 18.6. The summed E-state index contributed by atoms with van der Waals surface area (Å²) in [7, 11) is 0. The van der Waals surface area contributed by atoms with Gasteiger partial charge in [-0.2, -0.15) is 5.26 Å².